The van der Waals surface area contributed by atoms with E-state index in [4.69, 9.17) is 20.8 Å². The Morgan fingerprint density at radius 3 is 2.48 bits per heavy atom. The summed E-state index contributed by atoms with van der Waals surface area (Å²) in [6.45, 7) is 5.25. The van der Waals surface area contributed by atoms with Crippen molar-refractivity contribution in [3.63, 3.8) is 0 Å². The van der Waals surface area contributed by atoms with Crippen LogP contribution in [0.1, 0.15) is 47.0 Å². The van der Waals surface area contributed by atoms with Crippen molar-refractivity contribution in [2.24, 2.45) is 0 Å². The Bertz CT molecular complexity index is 2030. The number of fused-ring (bicyclic) bond motifs is 1. The molecule has 50 heavy (non-hydrogen) atoms. The fraction of sp³-hybridized carbons (Fsp3) is 0.361. The van der Waals surface area contributed by atoms with Crippen molar-refractivity contribution in [1.82, 2.24) is 19.7 Å². The van der Waals surface area contributed by atoms with Crippen LogP contribution in [0.2, 0.25) is 5.02 Å². The van der Waals surface area contributed by atoms with Crippen LogP contribution in [0, 0.1) is 11.3 Å². The lowest BCUT2D eigenvalue weighted by Crippen LogP contribution is -2.54. The van der Waals surface area contributed by atoms with Crippen molar-refractivity contribution in [3.8, 4) is 11.8 Å². The van der Waals surface area contributed by atoms with E-state index >= 15 is 4.79 Å². The molecule has 0 spiro atoms. The minimum Gasteiger partial charge on any atom is -0.496 e. The molecule has 1 N–H and O–H groups in total. The van der Waals surface area contributed by atoms with Gasteiger partial charge in [0, 0.05) is 62.0 Å². The maximum atomic E-state index is 15.5. The lowest BCUT2D eigenvalue weighted by Gasteiger charge is -2.41. The number of anilines is 1. The number of aromatic nitrogens is 1. The van der Waals surface area contributed by atoms with Crippen molar-refractivity contribution in [2.45, 2.75) is 35.9 Å². The number of sulfonamides is 1. The molecule has 2 atom stereocenters. The van der Waals surface area contributed by atoms with Gasteiger partial charge in [-0.25, -0.2) is 17.7 Å². The Kier molecular flexibility index (Phi) is 9.42. The summed E-state index contributed by atoms with van der Waals surface area (Å²) < 4.78 is 41.8. The van der Waals surface area contributed by atoms with Gasteiger partial charge >= 0.3 is 0 Å². The third kappa shape index (κ3) is 5.75. The van der Waals surface area contributed by atoms with E-state index in [0.717, 1.165) is 36.0 Å². The third-order valence-electron chi connectivity index (χ3n) is 9.95. The molecular formula is C36H37ClN6O6S. The van der Waals surface area contributed by atoms with Gasteiger partial charge in [-0.05, 0) is 66.9 Å². The van der Waals surface area contributed by atoms with E-state index in [0.29, 0.717) is 65.8 Å². The Morgan fingerprint density at radius 1 is 1.04 bits per heavy atom. The number of hydrogen-bond donors (Lipinski definition) is 1. The first-order chi connectivity index (χ1) is 24.2. The van der Waals surface area contributed by atoms with Crippen LogP contribution in [0.25, 0.3) is 0 Å². The molecule has 3 aliphatic rings. The number of nitrogens with zero attached hydrogens (tertiary/aromatic N) is 6. The van der Waals surface area contributed by atoms with Crippen LogP contribution in [0.3, 0.4) is 0 Å². The smallest absolute Gasteiger partial charge is 0.271 e. The largest absolute Gasteiger partial charge is 0.496 e. The second-order valence-electron chi connectivity index (χ2n) is 12.7. The number of rotatable bonds is 10. The van der Waals surface area contributed by atoms with E-state index in [-0.39, 0.29) is 17.2 Å². The molecule has 3 aliphatic heterocycles. The molecule has 0 saturated carbocycles. The van der Waals surface area contributed by atoms with E-state index in [1.165, 1.54) is 30.5 Å². The minimum absolute atomic E-state index is 0.131. The molecule has 0 bridgehead atoms. The number of likely N-dealkylation sites (tertiary alicyclic amines) is 1. The molecule has 4 aromatic rings. The van der Waals surface area contributed by atoms with Crippen LogP contribution in [-0.4, -0.2) is 92.1 Å². The molecule has 1 aromatic heterocycles. The average Bonchev–Trinajstić information content (AvgIpc) is 3.88. The Hall–Kier alpha value is -4.29. The van der Waals surface area contributed by atoms with Crippen LogP contribution in [0.5, 0.6) is 5.75 Å². The van der Waals surface area contributed by atoms with Crippen LogP contribution >= 0.6 is 11.6 Å². The number of amides is 1. The Labute approximate surface area is 296 Å². The summed E-state index contributed by atoms with van der Waals surface area (Å²) in [6, 6.07) is 17.6. The number of β-amino-alcohol motifs (C(OH)–C–C–N with tert-alkyl or cyclic N) is 1. The number of benzene rings is 3. The van der Waals surface area contributed by atoms with E-state index in [1.807, 2.05) is 29.2 Å². The van der Waals surface area contributed by atoms with Gasteiger partial charge in [-0.3, -0.25) is 19.5 Å². The van der Waals surface area contributed by atoms with E-state index in [9.17, 15) is 18.8 Å². The van der Waals surface area contributed by atoms with Crippen molar-refractivity contribution in [3.05, 3.63) is 106 Å². The number of piperazine rings is 1. The van der Waals surface area contributed by atoms with Gasteiger partial charge in [0.25, 0.3) is 15.9 Å². The van der Waals surface area contributed by atoms with Crippen molar-refractivity contribution in [2.75, 3.05) is 57.3 Å². The SMILES string of the molecule is COc1cc(CN2CCN(CCO)CC2)ccc1C1(N2CCC[C@H]2c2ncco2)C(=O)N(S(=O)(=O)c2ccc(C#N)cc2)c2ccc(Cl)cc21. The summed E-state index contributed by atoms with van der Waals surface area (Å²) in [7, 11) is -2.93. The lowest BCUT2D eigenvalue weighted by atomic mass is 9.80. The lowest BCUT2D eigenvalue weighted by molar-refractivity contribution is -0.127. The first kappa shape index (κ1) is 34.2. The predicted octanol–water partition coefficient (Wildman–Crippen LogP) is 4.13. The number of hydrogen-bond acceptors (Lipinski definition) is 11. The molecule has 1 amide bonds. The molecule has 260 valence electrons. The van der Waals surface area contributed by atoms with Gasteiger partial charge in [0.15, 0.2) is 5.54 Å². The van der Waals surface area contributed by atoms with Crippen LogP contribution < -0.4 is 9.04 Å². The Morgan fingerprint density at radius 2 is 1.80 bits per heavy atom. The number of oxazole rings is 1. The Balaban J connectivity index is 1.39. The topological polar surface area (TPSA) is 143 Å². The van der Waals surface area contributed by atoms with Gasteiger partial charge in [0.1, 0.15) is 12.0 Å². The summed E-state index contributed by atoms with van der Waals surface area (Å²) in [5, 5.41) is 19.0. The molecular weight excluding hydrogens is 680 g/mol. The van der Waals surface area contributed by atoms with Gasteiger partial charge in [-0.15, -0.1) is 0 Å². The van der Waals surface area contributed by atoms with Crippen molar-refractivity contribution < 1.29 is 27.5 Å². The molecule has 4 heterocycles. The number of methoxy groups -OCH3 is 1. The fourth-order valence-corrected chi connectivity index (χ4v) is 9.24. The zero-order valence-electron chi connectivity index (χ0n) is 27.5. The first-order valence-corrected chi connectivity index (χ1v) is 18.3. The molecule has 0 aliphatic carbocycles. The second-order valence-corrected chi connectivity index (χ2v) is 14.9. The standard InChI is InChI=1S/C36H37ClN6O6S/c1-48-33-21-26(24-41-16-14-40(15-17-41)18-19-44)6-10-29(33)36(42-13-2-3-32(42)34-39-12-20-49-34)30-22-27(37)7-11-31(30)43(35(36)45)50(46,47)28-8-4-25(23-38)5-9-28/h4-12,20-22,32,44H,2-3,13-19,24H2,1H3/t32-,36?/m0/s1. The highest BCUT2D eigenvalue weighted by Gasteiger charge is 2.62. The zero-order valence-corrected chi connectivity index (χ0v) is 29.1. The minimum atomic E-state index is -4.48. The van der Waals surface area contributed by atoms with Gasteiger partial charge in [-0.1, -0.05) is 23.7 Å². The highest BCUT2D eigenvalue weighted by molar-refractivity contribution is 7.93. The normalized spacial score (nSPS) is 21.8. The molecule has 2 saturated heterocycles. The maximum Gasteiger partial charge on any atom is 0.271 e. The van der Waals surface area contributed by atoms with E-state index in [1.54, 1.807) is 31.5 Å². The predicted molar refractivity (Wildman–Crippen MR) is 185 cm³/mol. The molecule has 14 heteroatoms. The highest BCUT2D eigenvalue weighted by atomic mass is 35.5. The van der Waals surface area contributed by atoms with E-state index in [2.05, 4.69) is 14.8 Å². The molecule has 3 aromatic carbocycles. The van der Waals surface area contributed by atoms with Crippen LogP contribution in [0.4, 0.5) is 5.69 Å². The number of carbonyl (C=O) groups is 1. The summed E-state index contributed by atoms with van der Waals surface area (Å²) in [4.78, 5) is 26.3. The number of nitriles is 1. The van der Waals surface area contributed by atoms with Gasteiger partial charge in [0.05, 0.1) is 48.2 Å². The van der Waals surface area contributed by atoms with Gasteiger partial charge in [-0.2, -0.15) is 5.26 Å². The molecule has 12 nitrogen and oxygen atoms in total. The number of aliphatic hydroxyl groups is 1. The number of carbonyl (C=O) groups excluding carboxylic acids is 1. The molecule has 0 radical (unpaired) electrons. The van der Waals surface area contributed by atoms with Crippen molar-refractivity contribution >= 4 is 33.2 Å². The number of ether oxygens (including phenoxy) is 1. The summed E-state index contributed by atoms with van der Waals surface area (Å²) in [6.07, 6.45) is 4.36. The molecule has 1 unspecified atom stereocenters. The van der Waals surface area contributed by atoms with Crippen LogP contribution in [-0.2, 0) is 26.9 Å². The monoisotopic (exact) mass is 716 g/mol. The second kappa shape index (κ2) is 13.8. The van der Waals surface area contributed by atoms with Crippen molar-refractivity contribution in [1.29, 1.82) is 5.26 Å². The first-order valence-electron chi connectivity index (χ1n) is 16.5. The zero-order chi connectivity index (χ0) is 35.0. The van der Waals surface area contributed by atoms with E-state index < -0.39 is 27.5 Å². The summed E-state index contributed by atoms with van der Waals surface area (Å²) in [5.74, 6) is 0.141. The average molecular weight is 717 g/mol. The maximum absolute atomic E-state index is 15.5. The molecule has 2 fully saturated rings. The third-order valence-corrected chi connectivity index (χ3v) is 11.9. The number of halogens is 1. The quantitative estimate of drug-likeness (QED) is 0.253. The van der Waals surface area contributed by atoms with Crippen LogP contribution in [0.15, 0.2) is 82.4 Å². The number of aliphatic hydroxyl groups excluding tert-OH is 1. The van der Waals surface area contributed by atoms with Gasteiger partial charge < -0.3 is 14.3 Å². The fourth-order valence-electron chi connectivity index (χ4n) is 7.61. The summed E-state index contributed by atoms with van der Waals surface area (Å²) >= 11 is 6.66. The molecule has 7 rings (SSSR count). The summed E-state index contributed by atoms with van der Waals surface area (Å²) in [5.41, 5.74) is 0.614. The highest BCUT2D eigenvalue weighted by Crippen LogP contribution is 2.56. The van der Waals surface area contributed by atoms with Gasteiger partial charge in [0.2, 0.25) is 5.89 Å².